The lowest BCUT2D eigenvalue weighted by Crippen LogP contribution is -2.05. The minimum atomic E-state index is -1.15. The van der Waals surface area contributed by atoms with Crippen LogP contribution >= 0.6 is 0 Å². The quantitative estimate of drug-likeness (QED) is 0.601. The van der Waals surface area contributed by atoms with Gasteiger partial charge in [-0.05, 0) is 18.2 Å². The zero-order chi connectivity index (χ0) is 16.0. The molecule has 0 aliphatic carbocycles. The summed E-state index contributed by atoms with van der Waals surface area (Å²) >= 11 is 0. The van der Waals surface area contributed by atoms with E-state index in [1.54, 1.807) is 0 Å². The highest BCUT2D eigenvalue weighted by atomic mass is 19.1. The third-order valence-electron chi connectivity index (χ3n) is 3.13. The number of fused-ring (bicyclic) bond motifs is 1. The van der Waals surface area contributed by atoms with E-state index in [1.165, 1.54) is 6.07 Å². The van der Waals surface area contributed by atoms with Crippen LogP contribution in [-0.2, 0) is 0 Å². The van der Waals surface area contributed by atoms with Crippen molar-refractivity contribution in [2.45, 2.75) is 0 Å². The van der Waals surface area contributed by atoms with Crippen LogP contribution in [0.25, 0.3) is 22.3 Å². The van der Waals surface area contributed by atoms with Crippen molar-refractivity contribution in [2.24, 2.45) is 0 Å². The molecule has 0 amide bonds. The fourth-order valence-corrected chi connectivity index (χ4v) is 2.09. The van der Waals surface area contributed by atoms with E-state index in [2.05, 4.69) is 0 Å². The maximum atomic E-state index is 13.7. The van der Waals surface area contributed by atoms with Gasteiger partial charge in [0.05, 0.1) is 0 Å². The first-order valence-corrected chi connectivity index (χ1v) is 6.05. The Morgan fingerprint density at radius 3 is 2.36 bits per heavy atom. The summed E-state index contributed by atoms with van der Waals surface area (Å²) in [5.74, 6) is -4.29. The van der Waals surface area contributed by atoms with Crippen molar-refractivity contribution < 1.29 is 28.5 Å². The summed E-state index contributed by atoms with van der Waals surface area (Å²) in [6.45, 7) is 0. The Morgan fingerprint density at radius 2 is 1.68 bits per heavy atom. The van der Waals surface area contributed by atoms with Gasteiger partial charge in [0.1, 0.15) is 22.6 Å². The summed E-state index contributed by atoms with van der Waals surface area (Å²) in [4.78, 5) is 12.0. The third-order valence-corrected chi connectivity index (χ3v) is 3.13. The van der Waals surface area contributed by atoms with Crippen molar-refractivity contribution in [3.05, 3.63) is 52.2 Å². The van der Waals surface area contributed by atoms with Gasteiger partial charge in [-0.2, -0.15) is 0 Å². The molecule has 0 aliphatic heterocycles. The molecule has 3 aromatic rings. The predicted molar refractivity (Wildman–Crippen MR) is 72.8 cm³/mol. The van der Waals surface area contributed by atoms with Gasteiger partial charge in [0.15, 0.2) is 17.3 Å². The first-order valence-electron chi connectivity index (χ1n) is 6.05. The SMILES string of the molecule is O=c1c(O)c(-c2ccc(O)c(O)c2)oc2cc(F)cc(F)c12. The number of halogens is 2. The van der Waals surface area contributed by atoms with Crippen molar-refractivity contribution in [3.63, 3.8) is 0 Å². The number of hydrogen-bond donors (Lipinski definition) is 3. The molecular formula is C15H8F2O5. The Morgan fingerprint density at radius 1 is 0.955 bits per heavy atom. The van der Waals surface area contributed by atoms with Crippen LogP contribution in [0.4, 0.5) is 8.78 Å². The third kappa shape index (κ3) is 2.03. The van der Waals surface area contributed by atoms with Crippen molar-refractivity contribution in [1.82, 2.24) is 0 Å². The molecule has 0 unspecified atom stereocenters. The number of phenols is 2. The molecule has 0 aliphatic rings. The summed E-state index contributed by atoms with van der Waals surface area (Å²) in [6, 6.07) is 4.72. The van der Waals surface area contributed by atoms with Gasteiger partial charge >= 0.3 is 0 Å². The molecule has 1 heterocycles. The van der Waals surface area contributed by atoms with Crippen LogP contribution < -0.4 is 5.43 Å². The zero-order valence-electron chi connectivity index (χ0n) is 10.8. The molecule has 0 fully saturated rings. The van der Waals surface area contributed by atoms with E-state index in [0.29, 0.717) is 6.07 Å². The van der Waals surface area contributed by atoms with E-state index >= 15 is 0 Å². The minimum absolute atomic E-state index is 0.0523. The van der Waals surface area contributed by atoms with Crippen LogP contribution in [0.5, 0.6) is 17.2 Å². The summed E-state index contributed by atoms with van der Waals surface area (Å²) in [7, 11) is 0. The van der Waals surface area contributed by atoms with Gasteiger partial charge in [-0.1, -0.05) is 0 Å². The molecule has 22 heavy (non-hydrogen) atoms. The molecular weight excluding hydrogens is 298 g/mol. The van der Waals surface area contributed by atoms with Gasteiger partial charge in [0.25, 0.3) is 0 Å². The maximum Gasteiger partial charge on any atom is 0.238 e. The number of aromatic hydroxyl groups is 3. The Kier molecular flexibility index (Phi) is 2.98. The lowest BCUT2D eigenvalue weighted by molar-refractivity contribution is 0.403. The van der Waals surface area contributed by atoms with E-state index < -0.39 is 39.7 Å². The van der Waals surface area contributed by atoms with Crippen LogP contribution in [-0.4, -0.2) is 15.3 Å². The van der Waals surface area contributed by atoms with Gasteiger partial charge in [-0.15, -0.1) is 0 Å². The van der Waals surface area contributed by atoms with Crippen molar-refractivity contribution >= 4 is 11.0 Å². The van der Waals surface area contributed by atoms with E-state index in [4.69, 9.17) is 4.42 Å². The minimum Gasteiger partial charge on any atom is -0.504 e. The lowest BCUT2D eigenvalue weighted by Gasteiger charge is -2.07. The lowest BCUT2D eigenvalue weighted by atomic mass is 10.1. The van der Waals surface area contributed by atoms with E-state index in [1.807, 2.05) is 0 Å². The van der Waals surface area contributed by atoms with Gasteiger partial charge in [0.2, 0.25) is 11.2 Å². The normalized spacial score (nSPS) is 11.0. The van der Waals surface area contributed by atoms with Crippen molar-refractivity contribution in [2.75, 3.05) is 0 Å². The topological polar surface area (TPSA) is 90.9 Å². The first-order chi connectivity index (χ1) is 10.4. The summed E-state index contributed by atoms with van der Waals surface area (Å²) in [6.07, 6.45) is 0. The van der Waals surface area contributed by atoms with E-state index in [0.717, 1.165) is 18.2 Å². The first kappa shape index (κ1) is 13.9. The Bertz CT molecular complexity index is 962. The average molecular weight is 306 g/mol. The molecule has 5 nitrogen and oxygen atoms in total. The zero-order valence-corrected chi connectivity index (χ0v) is 10.8. The average Bonchev–Trinajstić information content (AvgIpc) is 2.45. The Hall–Kier alpha value is -3.09. The summed E-state index contributed by atoms with van der Waals surface area (Å²) in [5, 5.41) is 28.0. The highest BCUT2D eigenvalue weighted by molar-refractivity contribution is 5.82. The smallest absolute Gasteiger partial charge is 0.238 e. The van der Waals surface area contributed by atoms with Crippen LogP contribution in [0.2, 0.25) is 0 Å². The largest absolute Gasteiger partial charge is 0.504 e. The monoisotopic (exact) mass is 306 g/mol. The molecule has 0 spiro atoms. The van der Waals surface area contributed by atoms with Crippen LogP contribution in [0, 0.1) is 11.6 Å². The molecule has 0 saturated carbocycles. The highest BCUT2D eigenvalue weighted by Crippen LogP contribution is 2.35. The predicted octanol–water partition coefficient (Wildman–Crippen LogP) is 2.86. The molecule has 0 saturated heterocycles. The fourth-order valence-electron chi connectivity index (χ4n) is 2.09. The van der Waals surface area contributed by atoms with Crippen LogP contribution in [0.15, 0.2) is 39.5 Å². The molecule has 112 valence electrons. The van der Waals surface area contributed by atoms with Crippen molar-refractivity contribution in [3.8, 4) is 28.6 Å². The highest BCUT2D eigenvalue weighted by Gasteiger charge is 2.19. The molecule has 3 N–H and O–H groups in total. The van der Waals surface area contributed by atoms with Crippen molar-refractivity contribution in [1.29, 1.82) is 0 Å². The molecule has 0 atom stereocenters. The van der Waals surface area contributed by atoms with Gasteiger partial charge in [-0.25, -0.2) is 8.78 Å². The summed E-state index contributed by atoms with van der Waals surface area (Å²) in [5.41, 5.74) is -1.40. The molecule has 3 rings (SSSR count). The van der Waals surface area contributed by atoms with Crippen LogP contribution in [0.1, 0.15) is 0 Å². The molecule has 0 radical (unpaired) electrons. The Labute approximate surface area is 121 Å². The van der Waals surface area contributed by atoms with Gasteiger partial charge < -0.3 is 19.7 Å². The standard InChI is InChI=1S/C15H8F2O5/c16-7-4-8(17)12-11(5-7)22-15(14(21)13(12)20)6-1-2-9(18)10(19)3-6/h1-5,18-19,21H. The number of phenolic OH excluding ortho intramolecular Hbond substituents is 2. The second kappa shape index (κ2) is 4.73. The number of rotatable bonds is 1. The maximum absolute atomic E-state index is 13.7. The van der Waals surface area contributed by atoms with Gasteiger partial charge in [-0.3, -0.25) is 4.79 Å². The molecule has 2 aromatic carbocycles. The van der Waals surface area contributed by atoms with Gasteiger partial charge in [0, 0.05) is 17.7 Å². The summed E-state index contributed by atoms with van der Waals surface area (Å²) < 4.78 is 32.1. The second-order valence-electron chi connectivity index (χ2n) is 4.57. The molecule has 7 heteroatoms. The fraction of sp³-hybridized carbons (Fsp3) is 0. The molecule has 0 bridgehead atoms. The Balaban J connectivity index is 2.38. The second-order valence-corrected chi connectivity index (χ2v) is 4.57. The number of hydrogen-bond acceptors (Lipinski definition) is 5. The van der Waals surface area contributed by atoms with E-state index in [9.17, 15) is 28.9 Å². The number of benzene rings is 2. The van der Waals surface area contributed by atoms with Crippen LogP contribution in [0.3, 0.4) is 0 Å². The molecule has 1 aromatic heterocycles. The van der Waals surface area contributed by atoms with E-state index in [-0.39, 0.29) is 16.9 Å².